The third-order valence-electron chi connectivity index (χ3n) is 2.49. The summed E-state index contributed by atoms with van der Waals surface area (Å²) in [6.45, 7) is -4.13. The van der Waals surface area contributed by atoms with Crippen LogP contribution in [0.3, 0.4) is 0 Å². The van der Waals surface area contributed by atoms with E-state index in [1.165, 1.54) is 26.4 Å². The number of methoxy groups -OCH3 is 2. The Bertz CT molecular complexity index is 412. The quantitative estimate of drug-likeness (QED) is 0.514. The van der Waals surface area contributed by atoms with Crippen molar-refractivity contribution in [2.24, 2.45) is 0 Å². The fraction of sp³-hybridized carbons (Fsp3) is 0.500. The maximum absolute atomic E-state index is 12.9. The molecule has 0 aliphatic carbocycles. The topological polar surface area (TPSA) is 36.9 Å². The molecule has 0 spiro atoms. The summed E-state index contributed by atoms with van der Waals surface area (Å²) in [4.78, 5) is 0. The van der Waals surface area contributed by atoms with Gasteiger partial charge in [0.05, 0.1) is 32.7 Å². The van der Waals surface area contributed by atoms with E-state index >= 15 is 0 Å². The second kappa shape index (κ2) is 8.01. The van der Waals surface area contributed by atoms with Crippen molar-refractivity contribution in [2.45, 2.75) is 0 Å². The second-order valence-corrected chi connectivity index (χ2v) is 3.93. The van der Waals surface area contributed by atoms with Crippen molar-refractivity contribution in [3.8, 4) is 11.5 Å². The van der Waals surface area contributed by atoms with Gasteiger partial charge in [-0.25, -0.2) is 0 Å². The zero-order valence-corrected chi connectivity index (χ0v) is 11.4. The average Bonchev–Trinajstić information content (AvgIpc) is 2.41. The maximum Gasteiger partial charge on any atom is 0.513 e. The standard InChI is InChI=1S/C12H17BF3O4/c1-17-5-6-19-7-8-20-12-4-3-10(18-2)9-11(12)13(14,15)16/h3-4,9H,5-8H2,1-2H3/q-1. The summed E-state index contributed by atoms with van der Waals surface area (Å²) >= 11 is 0. The Hall–Kier alpha value is -1.41. The molecule has 0 aromatic heterocycles. The van der Waals surface area contributed by atoms with Gasteiger partial charge in [0, 0.05) is 7.11 Å². The highest BCUT2D eigenvalue weighted by molar-refractivity contribution is 6.74. The number of benzene rings is 1. The Balaban J connectivity index is 2.60. The summed E-state index contributed by atoms with van der Waals surface area (Å²) in [5.74, 6) is -0.0727. The third-order valence-corrected chi connectivity index (χ3v) is 2.49. The van der Waals surface area contributed by atoms with E-state index in [2.05, 4.69) is 0 Å². The number of rotatable bonds is 9. The van der Waals surface area contributed by atoms with Crippen molar-refractivity contribution >= 4 is 12.4 Å². The van der Waals surface area contributed by atoms with Crippen LogP contribution in [0.15, 0.2) is 18.2 Å². The molecule has 0 amide bonds. The molecule has 20 heavy (non-hydrogen) atoms. The van der Waals surface area contributed by atoms with E-state index in [9.17, 15) is 12.9 Å². The Morgan fingerprint density at radius 3 is 2.30 bits per heavy atom. The molecule has 0 heterocycles. The predicted octanol–water partition coefficient (Wildman–Crippen LogP) is 1.79. The van der Waals surface area contributed by atoms with Crippen LogP contribution in [0.4, 0.5) is 12.9 Å². The highest BCUT2D eigenvalue weighted by Crippen LogP contribution is 2.22. The van der Waals surface area contributed by atoms with Crippen LogP contribution in [-0.4, -0.2) is 47.6 Å². The molecule has 0 radical (unpaired) electrons. The summed E-state index contributed by atoms with van der Waals surface area (Å²) in [7, 11) is 2.85. The van der Waals surface area contributed by atoms with Crippen LogP contribution in [-0.2, 0) is 9.47 Å². The van der Waals surface area contributed by atoms with E-state index in [0.29, 0.717) is 13.2 Å². The number of halogens is 3. The van der Waals surface area contributed by atoms with E-state index in [1.54, 1.807) is 0 Å². The summed E-state index contributed by atoms with van der Waals surface area (Å²) in [5, 5.41) is 0. The van der Waals surface area contributed by atoms with Gasteiger partial charge in [-0.15, -0.1) is 0 Å². The molecule has 0 unspecified atom stereocenters. The Labute approximate surface area is 115 Å². The molecule has 0 saturated heterocycles. The molecule has 0 bridgehead atoms. The van der Waals surface area contributed by atoms with Crippen LogP contribution in [0.5, 0.6) is 11.5 Å². The van der Waals surface area contributed by atoms with Crippen molar-refractivity contribution in [1.29, 1.82) is 0 Å². The van der Waals surface area contributed by atoms with Gasteiger partial charge in [-0.1, -0.05) is 5.46 Å². The van der Waals surface area contributed by atoms with Gasteiger partial charge in [-0.2, -0.15) is 0 Å². The number of hydrogen-bond donors (Lipinski definition) is 0. The van der Waals surface area contributed by atoms with Gasteiger partial charge in [0.2, 0.25) is 0 Å². The van der Waals surface area contributed by atoms with Crippen LogP contribution in [0.1, 0.15) is 0 Å². The van der Waals surface area contributed by atoms with Crippen molar-refractivity contribution in [3.05, 3.63) is 18.2 Å². The molecule has 0 N–H and O–H groups in total. The minimum absolute atomic E-state index is 0.0369. The lowest BCUT2D eigenvalue weighted by atomic mass is 9.79. The lowest BCUT2D eigenvalue weighted by molar-refractivity contribution is 0.0545. The van der Waals surface area contributed by atoms with Gasteiger partial charge in [-0.05, 0) is 18.2 Å². The molecular formula is C12H17BF3O4-. The molecule has 114 valence electrons. The summed E-state index contributed by atoms with van der Waals surface area (Å²) in [5.41, 5.74) is -0.804. The second-order valence-electron chi connectivity index (χ2n) is 3.93. The molecule has 0 aliphatic heterocycles. The minimum atomic E-state index is -5.16. The molecule has 0 aliphatic rings. The molecular weight excluding hydrogens is 276 g/mol. The van der Waals surface area contributed by atoms with Gasteiger partial charge in [0.25, 0.3) is 0 Å². The zero-order valence-electron chi connectivity index (χ0n) is 11.4. The van der Waals surface area contributed by atoms with Crippen LogP contribution in [0, 0.1) is 0 Å². The molecule has 0 saturated carbocycles. The van der Waals surface area contributed by atoms with E-state index in [0.717, 1.165) is 6.07 Å². The fourth-order valence-corrected chi connectivity index (χ4v) is 1.50. The van der Waals surface area contributed by atoms with Crippen molar-refractivity contribution in [1.82, 2.24) is 0 Å². The first-order chi connectivity index (χ1) is 9.49. The Kier molecular flexibility index (Phi) is 6.67. The highest BCUT2D eigenvalue weighted by Gasteiger charge is 2.29. The van der Waals surface area contributed by atoms with Crippen molar-refractivity contribution < 1.29 is 31.9 Å². The van der Waals surface area contributed by atoms with Crippen molar-refractivity contribution in [3.63, 3.8) is 0 Å². The molecule has 1 aromatic carbocycles. The normalized spacial score (nSPS) is 11.4. The number of ether oxygens (including phenoxy) is 4. The van der Waals surface area contributed by atoms with Gasteiger partial charge in [-0.3, -0.25) is 0 Å². The fourth-order valence-electron chi connectivity index (χ4n) is 1.50. The smallest absolute Gasteiger partial charge is 0.497 e. The van der Waals surface area contributed by atoms with Gasteiger partial charge >= 0.3 is 6.98 Å². The Morgan fingerprint density at radius 2 is 1.70 bits per heavy atom. The van der Waals surface area contributed by atoms with E-state index in [1.807, 2.05) is 0 Å². The molecule has 1 rings (SSSR count). The summed E-state index contributed by atoms with van der Waals surface area (Å²) in [6, 6.07) is 3.60. The number of hydrogen-bond acceptors (Lipinski definition) is 4. The lowest BCUT2D eigenvalue weighted by Crippen LogP contribution is -2.35. The minimum Gasteiger partial charge on any atom is -0.497 e. The monoisotopic (exact) mass is 293 g/mol. The Morgan fingerprint density at radius 1 is 1.00 bits per heavy atom. The van der Waals surface area contributed by atoms with Crippen LogP contribution >= 0.6 is 0 Å². The first-order valence-corrected chi connectivity index (χ1v) is 6.06. The van der Waals surface area contributed by atoms with Crippen LogP contribution in [0.25, 0.3) is 0 Å². The van der Waals surface area contributed by atoms with E-state index in [4.69, 9.17) is 18.9 Å². The maximum atomic E-state index is 12.9. The van der Waals surface area contributed by atoms with E-state index < -0.39 is 12.4 Å². The summed E-state index contributed by atoms with van der Waals surface area (Å²) < 4.78 is 58.6. The molecule has 0 fully saturated rings. The molecule has 1 aromatic rings. The lowest BCUT2D eigenvalue weighted by Gasteiger charge is -2.20. The van der Waals surface area contributed by atoms with Gasteiger partial charge < -0.3 is 31.9 Å². The van der Waals surface area contributed by atoms with Gasteiger partial charge in [0.1, 0.15) is 12.4 Å². The third kappa shape index (κ3) is 5.30. The average molecular weight is 293 g/mol. The van der Waals surface area contributed by atoms with Crippen molar-refractivity contribution in [2.75, 3.05) is 40.6 Å². The highest BCUT2D eigenvalue weighted by atomic mass is 19.4. The molecule has 4 nitrogen and oxygen atoms in total. The van der Waals surface area contributed by atoms with E-state index in [-0.39, 0.29) is 24.7 Å². The zero-order chi connectivity index (χ0) is 15.0. The SMILES string of the molecule is COCCOCCOc1ccc(OC)cc1[B-](F)(F)F. The first-order valence-electron chi connectivity index (χ1n) is 6.06. The predicted molar refractivity (Wildman–Crippen MR) is 69.9 cm³/mol. The molecule has 0 atom stereocenters. The van der Waals surface area contributed by atoms with Crippen LogP contribution < -0.4 is 14.9 Å². The van der Waals surface area contributed by atoms with Gasteiger partial charge in [0.15, 0.2) is 0 Å². The molecule has 8 heteroatoms. The largest absolute Gasteiger partial charge is 0.513 e. The first kappa shape index (κ1) is 16.6. The van der Waals surface area contributed by atoms with Crippen LogP contribution in [0.2, 0.25) is 0 Å². The summed E-state index contributed by atoms with van der Waals surface area (Å²) in [6.07, 6.45) is 0.